The highest BCUT2D eigenvalue weighted by Gasteiger charge is 2.26. The molecule has 5 heteroatoms. The molecule has 0 saturated carbocycles. The number of guanidine groups is 1. The van der Waals surface area contributed by atoms with Gasteiger partial charge in [-0.3, -0.25) is 0 Å². The fourth-order valence-electron chi connectivity index (χ4n) is 1.70. The van der Waals surface area contributed by atoms with E-state index in [1.165, 1.54) is 16.0 Å². The van der Waals surface area contributed by atoms with Crippen LogP contribution in [0.25, 0.3) is 0 Å². The first kappa shape index (κ1) is 12.6. The minimum atomic E-state index is -0.157. The van der Waals surface area contributed by atoms with Gasteiger partial charge >= 0.3 is 0 Å². The minimum Gasteiger partial charge on any atom is -0.347 e. The molecule has 0 fully saturated rings. The van der Waals surface area contributed by atoms with Crippen LogP contribution in [0.3, 0.4) is 0 Å². The quantitative estimate of drug-likeness (QED) is 0.721. The summed E-state index contributed by atoms with van der Waals surface area (Å²) in [4.78, 5) is 12.0. The van der Waals surface area contributed by atoms with Gasteiger partial charge in [0.15, 0.2) is 0 Å². The fourth-order valence-corrected chi connectivity index (χ4v) is 3.17. The Morgan fingerprint density at radius 3 is 2.59 bits per heavy atom. The van der Waals surface area contributed by atoms with Crippen molar-refractivity contribution < 1.29 is 0 Å². The number of aryl methyl sites for hydroxylation is 1. The van der Waals surface area contributed by atoms with Crippen molar-refractivity contribution in [3.63, 3.8) is 0 Å². The van der Waals surface area contributed by atoms with Gasteiger partial charge in [0.2, 0.25) is 5.96 Å². The van der Waals surface area contributed by atoms with Gasteiger partial charge in [0, 0.05) is 25.2 Å². The Bertz CT molecular complexity index is 476. The van der Waals surface area contributed by atoms with Crippen LogP contribution in [0.1, 0.15) is 22.0 Å². The highest BCUT2D eigenvalue weighted by Crippen LogP contribution is 2.35. The summed E-state index contributed by atoms with van der Waals surface area (Å²) in [5, 5.41) is 2.00. The molecule has 0 spiro atoms. The predicted octanol–water partition coefficient (Wildman–Crippen LogP) is 3.02. The van der Waals surface area contributed by atoms with Crippen molar-refractivity contribution in [2.24, 2.45) is 9.98 Å². The molecule has 2 heterocycles. The third-order valence-electron chi connectivity index (χ3n) is 2.88. The Balaban J connectivity index is 2.38. The summed E-state index contributed by atoms with van der Waals surface area (Å²) in [7, 11) is 3.88. The Hall–Kier alpha value is -0.870. The Morgan fingerprint density at radius 2 is 2.06 bits per heavy atom. The molecular formula is C12H16ClN3S. The summed E-state index contributed by atoms with van der Waals surface area (Å²) in [6.45, 7) is 4.24. The van der Waals surface area contributed by atoms with E-state index < -0.39 is 0 Å². The van der Waals surface area contributed by atoms with Gasteiger partial charge in [0.05, 0.1) is 5.38 Å². The van der Waals surface area contributed by atoms with Gasteiger partial charge in [-0.15, -0.1) is 22.9 Å². The molecule has 92 valence electrons. The Morgan fingerprint density at radius 1 is 1.35 bits per heavy atom. The van der Waals surface area contributed by atoms with Crippen LogP contribution in [-0.2, 0) is 0 Å². The zero-order chi connectivity index (χ0) is 12.6. The molecule has 2 atom stereocenters. The average molecular weight is 270 g/mol. The predicted molar refractivity (Wildman–Crippen MR) is 75.8 cm³/mol. The molecule has 0 amide bonds. The molecule has 0 bridgehead atoms. The van der Waals surface area contributed by atoms with Gasteiger partial charge in [-0.25, -0.2) is 9.98 Å². The highest BCUT2D eigenvalue weighted by atomic mass is 35.5. The van der Waals surface area contributed by atoms with Crippen LogP contribution >= 0.6 is 22.9 Å². The molecule has 3 nitrogen and oxygen atoms in total. The Labute approximate surface area is 111 Å². The summed E-state index contributed by atoms with van der Waals surface area (Å²) < 4.78 is 0. The van der Waals surface area contributed by atoms with Gasteiger partial charge in [0.1, 0.15) is 6.04 Å². The van der Waals surface area contributed by atoms with Crippen LogP contribution < -0.4 is 0 Å². The summed E-state index contributed by atoms with van der Waals surface area (Å²) in [5.41, 5.74) is 2.60. The molecule has 1 aliphatic rings. The van der Waals surface area contributed by atoms with Crippen LogP contribution in [-0.4, -0.2) is 36.5 Å². The van der Waals surface area contributed by atoms with E-state index in [9.17, 15) is 0 Å². The van der Waals surface area contributed by atoms with Crippen LogP contribution in [0, 0.1) is 13.8 Å². The maximum atomic E-state index is 6.30. The third-order valence-corrected chi connectivity index (χ3v) is 4.51. The molecule has 0 aliphatic carbocycles. The van der Waals surface area contributed by atoms with E-state index in [1.807, 2.05) is 19.0 Å². The first-order valence-corrected chi connectivity index (χ1v) is 6.80. The monoisotopic (exact) mass is 269 g/mol. The fraction of sp³-hybridized carbons (Fsp3) is 0.500. The second kappa shape index (κ2) is 4.78. The molecule has 2 unspecified atom stereocenters. The summed E-state index contributed by atoms with van der Waals surface area (Å²) in [5.74, 6) is 0.734. The van der Waals surface area contributed by atoms with Crippen molar-refractivity contribution in [3.8, 4) is 0 Å². The van der Waals surface area contributed by atoms with Crippen molar-refractivity contribution in [3.05, 3.63) is 21.4 Å². The van der Waals surface area contributed by atoms with E-state index in [0.29, 0.717) is 0 Å². The van der Waals surface area contributed by atoms with Crippen LogP contribution in [0.4, 0.5) is 0 Å². The number of halogens is 1. The molecular weight excluding hydrogens is 254 g/mol. The summed E-state index contributed by atoms with van der Waals surface area (Å²) in [6, 6.07) is -0.00901. The molecule has 0 radical (unpaired) electrons. The number of rotatable bonds is 1. The zero-order valence-electron chi connectivity index (χ0n) is 10.4. The van der Waals surface area contributed by atoms with Gasteiger partial charge in [0.25, 0.3) is 0 Å². The number of hydrogen-bond acceptors (Lipinski definition) is 4. The van der Waals surface area contributed by atoms with E-state index in [2.05, 4.69) is 29.2 Å². The lowest BCUT2D eigenvalue weighted by atomic mass is 10.1. The lowest BCUT2D eigenvalue weighted by molar-refractivity contribution is 0.594. The normalized spacial score (nSPS) is 23.7. The number of alkyl halides is 1. The molecule has 0 aromatic carbocycles. The maximum absolute atomic E-state index is 6.30. The van der Waals surface area contributed by atoms with Crippen LogP contribution in [0.15, 0.2) is 15.4 Å². The molecule has 1 aromatic rings. The SMILES string of the molecule is Cc1csc(C2N=C(N(C)C)N=CC2Cl)c1C. The molecule has 1 aromatic heterocycles. The van der Waals surface area contributed by atoms with Crippen molar-refractivity contribution >= 4 is 35.1 Å². The highest BCUT2D eigenvalue weighted by molar-refractivity contribution is 7.10. The van der Waals surface area contributed by atoms with E-state index in [1.54, 1.807) is 17.6 Å². The van der Waals surface area contributed by atoms with Crippen molar-refractivity contribution in [2.75, 3.05) is 14.1 Å². The minimum absolute atomic E-state index is 0.00901. The van der Waals surface area contributed by atoms with Gasteiger partial charge in [-0.2, -0.15) is 0 Å². The number of nitrogens with zero attached hydrogens (tertiary/aromatic N) is 3. The molecule has 0 saturated heterocycles. The lowest BCUT2D eigenvalue weighted by Gasteiger charge is -2.22. The van der Waals surface area contributed by atoms with Crippen molar-refractivity contribution in [1.29, 1.82) is 0 Å². The topological polar surface area (TPSA) is 28.0 Å². The van der Waals surface area contributed by atoms with Crippen LogP contribution in [0.5, 0.6) is 0 Å². The smallest absolute Gasteiger partial charge is 0.220 e. The molecule has 2 rings (SSSR count). The largest absolute Gasteiger partial charge is 0.347 e. The maximum Gasteiger partial charge on any atom is 0.220 e. The van der Waals surface area contributed by atoms with E-state index in [4.69, 9.17) is 11.6 Å². The lowest BCUT2D eigenvalue weighted by Crippen LogP contribution is -2.27. The van der Waals surface area contributed by atoms with Gasteiger partial charge in [-0.05, 0) is 30.4 Å². The van der Waals surface area contributed by atoms with E-state index >= 15 is 0 Å². The number of hydrogen-bond donors (Lipinski definition) is 0. The molecule has 17 heavy (non-hydrogen) atoms. The third kappa shape index (κ3) is 2.38. The number of thiophene rings is 1. The first-order chi connectivity index (χ1) is 8.00. The van der Waals surface area contributed by atoms with E-state index in [0.717, 1.165) is 5.96 Å². The van der Waals surface area contributed by atoms with E-state index in [-0.39, 0.29) is 11.4 Å². The average Bonchev–Trinajstić information content (AvgIpc) is 2.60. The van der Waals surface area contributed by atoms with Crippen molar-refractivity contribution in [1.82, 2.24) is 4.90 Å². The molecule has 0 N–H and O–H groups in total. The summed E-state index contributed by atoms with van der Waals surface area (Å²) in [6.07, 6.45) is 1.78. The first-order valence-electron chi connectivity index (χ1n) is 5.48. The van der Waals surface area contributed by atoms with Crippen molar-refractivity contribution in [2.45, 2.75) is 25.3 Å². The standard InChI is InChI=1S/C12H16ClN3S/c1-7-6-17-11(8(7)2)10-9(13)5-14-12(15-10)16(3)4/h5-6,9-10H,1-4H3. The number of aliphatic imine (C=N–C) groups is 2. The van der Waals surface area contributed by atoms with Crippen LogP contribution in [0.2, 0.25) is 0 Å². The van der Waals surface area contributed by atoms with Gasteiger partial charge < -0.3 is 4.90 Å². The van der Waals surface area contributed by atoms with Gasteiger partial charge in [-0.1, -0.05) is 0 Å². The summed E-state index contributed by atoms with van der Waals surface area (Å²) >= 11 is 8.03. The molecule has 1 aliphatic heterocycles. The Kier molecular flexibility index (Phi) is 3.54. The second-order valence-corrected chi connectivity index (χ2v) is 5.81. The zero-order valence-corrected chi connectivity index (χ0v) is 12.0. The second-order valence-electron chi connectivity index (χ2n) is 4.40.